The smallest absolute Gasteiger partial charge is 0.336 e. The van der Waals surface area contributed by atoms with Crippen LogP contribution < -0.4 is 10.1 Å². The van der Waals surface area contributed by atoms with E-state index in [1.54, 1.807) is 24.3 Å². The zero-order valence-corrected chi connectivity index (χ0v) is 12.8. The van der Waals surface area contributed by atoms with Gasteiger partial charge >= 0.3 is 5.97 Å². The number of ether oxygens (including phenoxy) is 1. The van der Waals surface area contributed by atoms with Gasteiger partial charge in [0.25, 0.3) is 5.69 Å². The zero-order chi connectivity index (χ0) is 17.5. The van der Waals surface area contributed by atoms with E-state index in [9.17, 15) is 19.7 Å². The summed E-state index contributed by atoms with van der Waals surface area (Å²) >= 11 is 0. The van der Waals surface area contributed by atoms with Crippen molar-refractivity contribution in [3.8, 4) is 5.75 Å². The second kappa shape index (κ2) is 7.68. The van der Waals surface area contributed by atoms with Crippen molar-refractivity contribution in [3.05, 3.63) is 70.3 Å². The molecule has 122 valence electrons. The van der Waals surface area contributed by atoms with Crippen LogP contribution in [-0.2, 0) is 9.59 Å². The molecule has 1 amide bonds. The van der Waals surface area contributed by atoms with Gasteiger partial charge in [-0.25, -0.2) is 4.79 Å². The van der Waals surface area contributed by atoms with E-state index in [2.05, 4.69) is 5.32 Å². The Bertz CT molecular complexity index is 780. The Kier molecular flexibility index (Phi) is 5.40. The van der Waals surface area contributed by atoms with Gasteiger partial charge in [0, 0.05) is 30.8 Å². The molecule has 0 aromatic heterocycles. The summed E-state index contributed by atoms with van der Waals surface area (Å²) in [5.74, 6) is -0.436. The van der Waals surface area contributed by atoms with Crippen LogP contribution >= 0.6 is 0 Å². The van der Waals surface area contributed by atoms with Crippen molar-refractivity contribution in [2.45, 2.75) is 6.92 Å². The zero-order valence-electron chi connectivity index (χ0n) is 12.8. The first-order chi connectivity index (χ1) is 11.4. The lowest BCUT2D eigenvalue weighted by Crippen LogP contribution is -2.06. The van der Waals surface area contributed by atoms with Crippen LogP contribution in [0.3, 0.4) is 0 Å². The van der Waals surface area contributed by atoms with Gasteiger partial charge in [0.2, 0.25) is 5.91 Å². The summed E-state index contributed by atoms with van der Waals surface area (Å²) < 4.78 is 5.11. The fourth-order valence-corrected chi connectivity index (χ4v) is 1.83. The maximum absolute atomic E-state index is 11.7. The third kappa shape index (κ3) is 5.06. The Morgan fingerprint density at radius 1 is 1.08 bits per heavy atom. The van der Waals surface area contributed by atoms with Gasteiger partial charge in [-0.15, -0.1) is 0 Å². The first-order valence-corrected chi connectivity index (χ1v) is 6.96. The second-order valence-electron chi connectivity index (χ2n) is 4.81. The molecule has 2 aromatic carbocycles. The first-order valence-electron chi connectivity index (χ1n) is 6.96. The summed E-state index contributed by atoms with van der Waals surface area (Å²) in [7, 11) is 0. The van der Waals surface area contributed by atoms with Crippen molar-refractivity contribution < 1.29 is 19.2 Å². The number of esters is 1. The quantitative estimate of drug-likeness (QED) is 0.299. The molecule has 0 unspecified atom stereocenters. The van der Waals surface area contributed by atoms with Crippen molar-refractivity contribution in [1.29, 1.82) is 0 Å². The van der Waals surface area contributed by atoms with Crippen molar-refractivity contribution in [2.75, 3.05) is 5.32 Å². The number of benzene rings is 2. The standard InChI is InChI=1S/C17H14N2O5/c1-12(20)18-14-5-9-16(10-6-14)24-17(21)11-4-13-2-7-15(8-3-13)19(22)23/h2-11H,1H3,(H,18,20)/b11-4+. The number of non-ortho nitro benzene ring substituents is 1. The average molecular weight is 326 g/mol. The highest BCUT2D eigenvalue weighted by Crippen LogP contribution is 2.16. The molecule has 0 aliphatic carbocycles. The number of nitrogens with one attached hydrogen (secondary N) is 1. The number of anilines is 1. The fraction of sp³-hybridized carbons (Fsp3) is 0.0588. The van der Waals surface area contributed by atoms with E-state index < -0.39 is 10.9 Å². The van der Waals surface area contributed by atoms with E-state index in [0.717, 1.165) is 0 Å². The SMILES string of the molecule is CC(=O)Nc1ccc(OC(=O)/C=C/c2ccc([N+](=O)[O-])cc2)cc1. The van der Waals surface area contributed by atoms with Crippen LogP contribution in [0.25, 0.3) is 6.08 Å². The molecule has 7 nitrogen and oxygen atoms in total. The summed E-state index contributed by atoms with van der Waals surface area (Å²) in [6.07, 6.45) is 2.72. The van der Waals surface area contributed by atoms with Gasteiger partial charge in [-0.05, 0) is 48.0 Å². The number of nitro groups is 1. The number of hydrogen-bond donors (Lipinski definition) is 1. The van der Waals surface area contributed by atoms with Crippen LogP contribution in [0.1, 0.15) is 12.5 Å². The van der Waals surface area contributed by atoms with Crippen LogP contribution in [0.4, 0.5) is 11.4 Å². The number of hydrogen-bond acceptors (Lipinski definition) is 5. The highest BCUT2D eigenvalue weighted by molar-refractivity contribution is 5.90. The van der Waals surface area contributed by atoms with Gasteiger partial charge in [-0.1, -0.05) is 0 Å². The molecule has 0 saturated heterocycles. The third-order valence-electron chi connectivity index (χ3n) is 2.91. The van der Waals surface area contributed by atoms with Crippen LogP contribution in [-0.4, -0.2) is 16.8 Å². The van der Waals surface area contributed by atoms with Crippen molar-refractivity contribution in [3.63, 3.8) is 0 Å². The number of nitrogens with zero attached hydrogens (tertiary/aromatic N) is 1. The molecule has 0 aliphatic heterocycles. The molecule has 0 heterocycles. The van der Waals surface area contributed by atoms with E-state index in [0.29, 0.717) is 17.0 Å². The van der Waals surface area contributed by atoms with E-state index in [1.807, 2.05) is 0 Å². The minimum Gasteiger partial charge on any atom is -0.423 e. The number of amides is 1. The summed E-state index contributed by atoms with van der Waals surface area (Å²) in [6.45, 7) is 1.40. The molecular weight excluding hydrogens is 312 g/mol. The Morgan fingerprint density at radius 2 is 1.71 bits per heavy atom. The molecular formula is C17H14N2O5. The number of nitro benzene ring substituents is 1. The van der Waals surface area contributed by atoms with Crippen LogP contribution in [0, 0.1) is 10.1 Å². The number of carbonyl (C=O) groups excluding carboxylic acids is 2. The maximum Gasteiger partial charge on any atom is 0.336 e. The van der Waals surface area contributed by atoms with Crippen LogP contribution in [0.2, 0.25) is 0 Å². The summed E-state index contributed by atoms with van der Waals surface area (Å²) in [5.41, 5.74) is 1.22. The Morgan fingerprint density at radius 3 is 2.25 bits per heavy atom. The summed E-state index contributed by atoms with van der Waals surface area (Å²) in [6, 6.07) is 12.1. The largest absolute Gasteiger partial charge is 0.423 e. The van der Waals surface area contributed by atoms with Crippen molar-refractivity contribution in [1.82, 2.24) is 0 Å². The molecule has 0 aliphatic rings. The monoisotopic (exact) mass is 326 g/mol. The minimum absolute atomic E-state index is 0.0195. The first kappa shape index (κ1) is 16.9. The molecule has 0 spiro atoms. The molecule has 24 heavy (non-hydrogen) atoms. The maximum atomic E-state index is 11.7. The lowest BCUT2D eigenvalue weighted by Gasteiger charge is -2.04. The van der Waals surface area contributed by atoms with Gasteiger partial charge in [-0.3, -0.25) is 14.9 Å². The van der Waals surface area contributed by atoms with Gasteiger partial charge in [-0.2, -0.15) is 0 Å². The van der Waals surface area contributed by atoms with Crippen molar-refractivity contribution in [2.24, 2.45) is 0 Å². The number of carbonyl (C=O) groups is 2. The molecule has 7 heteroatoms. The predicted molar refractivity (Wildman–Crippen MR) is 88.5 cm³/mol. The third-order valence-corrected chi connectivity index (χ3v) is 2.91. The Balaban J connectivity index is 1.94. The van der Waals surface area contributed by atoms with E-state index >= 15 is 0 Å². The molecule has 2 aromatic rings. The van der Waals surface area contributed by atoms with Gasteiger partial charge < -0.3 is 10.1 Å². The molecule has 0 saturated carbocycles. The van der Waals surface area contributed by atoms with Crippen LogP contribution in [0.5, 0.6) is 5.75 Å². The lowest BCUT2D eigenvalue weighted by atomic mass is 10.2. The topological polar surface area (TPSA) is 98.5 Å². The summed E-state index contributed by atoms with van der Waals surface area (Å²) in [4.78, 5) is 32.7. The fourth-order valence-electron chi connectivity index (χ4n) is 1.83. The summed E-state index contributed by atoms with van der Waals surface area (Å²) in [5, 5.41) is 13.2. The van der Waals surface area contributed by atoms with Gasteiger partial charge in [0.1, 0.15) is 5.75 Å². The van der Waals surface area contributed by atoms with Crippen LogP contribution in [0.15, 0.2) is 54.6 Å². The molecule has 2 rings (SSSR count). The Labute approximate surface area is 137 Å². The van der Waals surface area contributed by atoms with E-state index in [1.165, 1.54) is 43.3 Å². The molecule has 0 radical (unpaired) electrons. The predicted octanol–water partition coefficient (Wildman–Crippen LogP) is 3.17. The average Bonchev–Trinajstić information content (AvgIpc) is 2.54. The minimum atomic E-state index is -0.583. The molecule has 1 N–H and O–H groups in total. The second-order valence-corrected chi connectivity index (χ2v) is 4.81. The van der Waals surface area contributed by atoms with E-state index in [-0.39, 0.29) is 11.6 Å². The lowest BCUT2D eigenvalue weighted by molar-refractivity contribution is -0.384. The molecule has 0 bridgehead atoms. The number of rotatable bonds is 5. The highest BCUT2D eigenvalue weighted by Gasteiger charge is 2.04. The van der Waals surface area contributed by atoms with Crippen molar-refractivity contribution >= 4 is 29.3 Å². The normalized spacial score (nSPS) is 10.4. The molecule has 0 fully saturated rings. The van der Waals surface area contributed by atoms with E-state index in [4.69, 9.17) is 4.74 Å². The van der Waals surface area contributed by atoms with Gasteiger partial charge in [0.15, 0.2) is 0 Å². The van der Waals surface area contributed by atoms with Gasteiger partial charge in [0.05, 0.1) is 4.92 Å². The molecule has 0 atom stereocenters. The highest BCUT2D eigenvalue weighted by atomic mass is 16.6. The Hall–Kier alpha value is -3.48.